The second-order valence-corrected chi connectivity index (χ2v) is 4.19. The van der Waals surface area contributed by atoms with Gasteiger partial charge >= 0.3 is 6.11 Å². The second kappa shape index (κ2) is 4.90. The van der Waals surface area contributed by atoms with E-state index >= 15 is 0 Å². The molecule has 1 aromatic carbocycles. The minimum Gasteiger partial charge on any atom is -0.428 e. The highest BCUT2D eigenvalue weighted by Crippen LogP contribution is 2.36. The van der Waals surface area contributed by atoms with E-state index in [0.29, 0.717) is 5.56 Å². The minimum absolute atomic E-state index is 0.0982. The molecule has 0 saturated carbocycles. The van der Waals surface area contributed by atoms with Crippen LogP contribution in [0.15, 0.2) is 12.1 Å². The SMILES string of the molecule is Cc1cc(Cl)c(OC(F)(F)C(F)Cl)cc1Cl. The van der Waals surface area contributed by atoms with Gasteiger partial charge in [0, 0.05) is 11.1 Å². The van der Waals surface area contributed by atoms with Gasteiger partial charge in [-0.25, -0.2) is 4.39 Å². The number of hydrogen-bond donors (Lipinski definition) is 0. The monoisotopic (exact) mass is 292 g/mol. The highest BCUT2D eigenvalue weighted by molar-refractivity contribution is 6.34. The largest absolute Gasteiger partial charge is 0.444 e. The van der Waals surface area contributed by atoms with Crippen LogP contribution in [0, 0.1) is 6.92 Å². The van der Waals surface area contributed by atoms with Crippen LogP contribution in [0.5, 0.6) is 5.75 Å². The lowest BCUT2D eigenvalue weighted by Gasteiger charge is -2.18. The lowest BCUT2D eigenvalue weighted by molar-refractivity contribution is -0.198. The van der Waals surface area contributed by atoms with E-state index in [4.69, 9.17) is 23.2 Å². The van der Waals surface area contributed by atoms with E-state index in [9.17, 15) is 13.2 Å². The van der Waals surface area contributed by atoms with Crippen molar-refractivity contribution in [2.75, 3.05) is 0 Å². The Morgan fingerprint density at radius 2 is 1.81 bits per heavy atom. The average Bonchev–Trinajstić information content (AvgIpc) is 2.13. The molecule has 0 aliphatic heterocycles. The molecular formula is C9H6Cl3F3O. The van der Waals surface area contributed by atoms with E-state index in [1.54, 1.807) is 6.92 Å². The maximum Gasteiger partial charge on any atom is 0.444 e. The topological polar surface area (TPSA) is 9.23 Å². The fourth-order valence-corrected chi connectivity index (χ4v) is 1.35. The van der Waals surface area contributed by atoms with Gasteiger partial charge in [-0.1, -0.05) is 34.8 Å². The summed E-state index contributed by atoms with van der Waals surface area (Å²) in [6.07, 6.45) is -4.16. The number of benzene rings is 1. The first-order chi connectivity index (χ1) is 7.24. The second-order valence-electron chi connectivity index (χ2n) is 3.00. The molecule has 1 rings (SSSR count). The van der Waals surface area contributed by atoms with Crippen LogP contribution in [0.2, 0.25) is 10.0 Å². The van der Waals surface area contributed by atoms with E-state index < -0.39 is 17.5 Å². The van der Waals surface area contributed by atoms with Crippen LogP contribution < -0.4 is 4.74 Å². The summed E-state index contributed by atoms with van der Waals surface area (Å²) in [5, 5.41) is 0.0825. The van der Waals surface area contributed by atoms with Gasteiger partial charge in [0.2, 0.25) is 0 Å². The van der Waals surface area contributed by atoms with Gasteiger partial charge in [0.1, 0.15) is 5.75 Å². The molecule has 0 radical (unpaired) electrons. The zero-order chi connectivity index (χ0) is 12.5. The number of rotatable bonds is 3. The van der Waals surface area contributed by atoms with Crippen molar-refractivity contribution in [1.29, 1.82) is 0 Å². The van der Waals surface area contributed by atoms with Crippen molar-refractivity contribution in [2.24, 2.45) is 0 Å². The van der Waals surface area contributed by atoms with E-state index in [1.165, 1.54) is 6.07 Å². The molecule has 0 aliphatic carbocycles. The van der Waals surface area contributed by atoms with Gasteiger partial charge in [-0.3, -0.25) is 0 Å². The van der Waals surface area contributed by atoms with Crippen LogP contribution in [0.4, 0.5) is 13.2 Å². The summed E-state index contributed by atoms with van der Waals surface area (Å²) < 4.78 is 42.0. The lowest BCUT2D eigenvalue weighted by Crippen LogP contribution is -2.32. The zero-order valence-corrected chi connectivity index (χ0v) is 10.2. The third kappa shape index (κ3) is 3.09. The number of aryl methyl sites for hydroxylation is 1. The van der Waals surface area contributed by atoms with Crippen molar-refractivity contribution in [3.8, 4) is 5.75 Å². The molecule has 0 aliphatic rings. The standard InChI is InChI=1S/C9H6Cl3F3O/c1-4-2-6(11)7(3-5(4)10)16-9(14,15)8(12)13/h2-3,8H,1H3. The van der Waals surface area contributed by atoms with E-state index in [-0.39, 0.29) is 10.0 Å². The molecule has 0 heterocycles. The van der Waals surface area contributed by atoms with Gasteiger partial charge in [-0.05, 0) is 18.6 Å². The van der Waals surface area contributed by atoms with Crippen molar-refractivity contribution >= 4 is 34.8 Å². The Labute approximate surface area is 105 Å². The first-order valence-corrected chi connectivity index (χ1v) is 5.24. The molecule has 0 fully saturated rings. The van der Waals surface area contributed by atoms with Crippen LogP contribution in [-0.2, 0) is 0 Å². The van der Waals surface area contributed by atoms with Gasteiger partial charge in [0.05, 0.1) is 5.02 Å². The lowest BCUT2D eigenvalue weighted by atomic mass is 10.2. The molecule has 1 unspecified atom stereocenters. The molecule has 1 nitrogen and oxygen atoms in total. The average molecular weight is 293 g/mol. The molecule has 0 aromatic heterocycles. The van der Waals surface area contributed by atoms with Crippen molar-refractivity contribution in [3.63, 3.8) is 0 Å². The van der Waals surface area contributed by atoms with Crippen LogP contribution >= 0.6 is 34.8 Å². The summed E-state index contributed by atoms with van der Waals surface area (Å²) in [6.45, 7) is 1.63. The Balaban J connectivity index is 3.02. The van der Waals surface area contributed by atoms with Gasteiger partial charge in [-0.2, -0.15) is 8.78 Å². The smallest absolute Gasteiger partial charge is 0.428 e. The van der Waals surface area contributed by atoms with Gasteiger partial charge in [0.15, 0.2) is 0 Å². The maximum absolute atomic E-state index is 12.8. The Morgan fingerprint density at radius 3 is 2.31 bits per heavy atom. The summed E-state index contributed by atoms with van der Waals surface area (Å²) >= 11 is 15.9. The molecule has 90 valence electrons. The minimum atomic E-state index is -4.16. The fraction of sp³-hybridized carbons (Fsp3) is 0.333. The van der Waals surface area contributed by atoms with Crippen molar-refractivity contribution in [1.82, 2.24) is 0 Å². The van der Waals surface area contributed by atoms with Crippen LogP contribution in [-0.4, -0.2) is 11.7 Å². The summed E-state index contributed by atoms with van der Waals surface area (Å²) in [7, 11) is 0. The highest BCUT2D eigenvalue weighted by Gasteiger charge is 2.42. The Hall–Kier alpha value is -0.320. The quantitative estimate of drug-likeness (QED) is 0.727. The summed E-state index contributed by atoms with van der Waals surface area (Å²) in [5.74, 6) is -0.425. The fourth-order valence-electron chi connectivity index (χ4n) is 0.897. The Kier molecular flexibility index (Phi) is 4.21. The normalized spacial score (nSPS) is 13.7. The predicted molar refractivity (Wildman–Crippen MR) is 57.5 cm³/mol. The first-order valence-electron chi connectivity index (χ1n) is 4.04. The molecule has 0 amide bonds. The molecule has 16 heavy (non-hydrogen) atoms. The molecule has 0 bridgehead atoms. The number of ether oxygens (including phenoxy) is 1. The molecule has 0 N–H and O–H groups in total. The summed E-state index contributed by atoms with van der Waals surface area (Å²) in [4.78, 5) is 0. The zero-order valence-electron chi connectivity index (χ0n) is 7.91. The third-order valence-corrected chi connectivity index (χ3v) is 2.67. The number of halogens is 6. The summed E-state index contributed by atoms with van der Waals surface area (Å²) in [6, 6.07) is 2.41. The maximum atomic E-state index is 12.8. The van der Waals surface area contributed by atoms with Crippen molar-refractivity contribution < 1.29 is 17.9 Å². The van der Waals surface area contributed by atoms with Crippen LogP contribution in [0.3, 0.4) is 0 Å². The van der Waals surface area contributed by atoms with E-state index in [1.807, 2.05) is 0 Å². The highest BCUT2D eigenvalue weighted by atomic mass is 35.5. The van der Waals surface area contributed by atoms with E-state index in [0.717, 1.165) is 6.07 Å². The summed E-state index contributed by atoms with van der Waals surface area (Å²) in [5.41, 5.74) is -2.38. The van der Waals surface area contributed by atoms with Gasteiger partial charge < -0.3 is 4.74 Å². The molecule has 7 heteroatoms. The molecular weight excluding hydrogens is 287 g/mol. The van der Waals surface area contributed by atoms with Gasteiger partial charge in [-0.15, -0.1) is 0 Å². The predicted octanol–water partition coefficient (Wildman–Crippen LogP) is 4.81. The number of hydrogen-bond acceptors (Lipinski definition) is 1. The van der Waals surface area contributed by atoms with Crippen molar-refractivity contribution in [2.45, 2.75) is 18.7 Å². The molecule has 0 saturated heterocycles. The molecule has 1 atom stereocenters. The Bertz CT molecular complexity index is 396. The van der Waals surface area contributed by atoms with Crippen LogP contribution in [0.1, 0.15) is 5.56 Å². The van der Waals surface area contributed by atoms with E-state index in [2.05, 4.69) is 16.3 Å². The number of alkyl halides is 4. The molecule has 0 spiro atoms. The third-order valence-electron chi connectivity index (χ3n) is 1.71. The Morgan fingerprint density at radius 1 is 1.25 bits per heavy atom. The first kappa shape index (κ1) is 13.7. The molecule has 1 aromatic rings. The van der Waals surface area contributed by atoms with Crippen LogP contribution in [0.25, 0.3) is 0 Å². The van der Waals surface area contributed by atoms with Gasteiger partial charge in [0.25, 0.3) is 5.63 Å². The van der Waals surface area contributed by atoms with Crippen molar-refractivity contribution in [3.05, 3.63) is 27.7 Å².